The Balaban J connectivity index is 1.85. The second-order valence-electron chi connectivity index (χ2n) is 9.67. The third-order valence-electron chi connectivity index (χ3n) is 6.71. The maximum absolute atomic E-state index is 12.9. The highest BCUT2D eigenvalue weighted by molar-refractivity contribution is 6.03. The Morgan fingerprint density at radius 2 is 1.50 bits per heavy atom. The van der Waals surface area contributed by atoms with E-state index in [0.29, 0.717) is 23.6 Å². The van der Waals surface area contributed by atoms with Crippen molar-refractivity contribution in [3.63, 3.8) is 0 Å². The summed E-state index contributed by atoms with van der Waals surface area (Å²) in [5, 5.41) is 2.96. The molecule has 1 heterocycles. The predicted octanol–water partition coefficient (Wildman–Crippen LogP) is 6.97. The van der Waals surface area contributed by atoms with Gasteiger partial charge in [0.1, 0.15) is 11.5 Å². The van der Waals surface area contributed by atoms with Crippen LogP contribution >= 0.6 is 0 Å². The van der Waals surface area contributed by atoms with Gasteiger partial charge in [-0.15, -0.1) is 0 Å². The van der Waals surface area contributed by atoms with Gasteiger partial charge in [0, 0.05) is 6.42 Å². The molecule has 4 nitrogen and oxygen atoms in total. The van der Waals surface area contributed by atoms with Gasteiger partial charge in [0.2, 0.25) is 0 Å². The predicted molar refractivity (Wildman–Crippen MR) is 131 cm³/mol. The van der Waals surface area contributed by atoms with Crippen molar-refractivity contribution < 1.29 is 13.9 Å². The molecule has 0 aliphatic heterocycles. The molecular formula is C28H35NO3. The van der Waals surface area contributed by atoms with E-state index in [0.717, 1.165) is 11.3 Å². The lowest BCUT2D eigenvalue weighted by atomic mass is 9.87. The molecule has 1 amide bonds. The first-order chi connectivity index (χ1) is 14.9. The van der Waals surface area contributed by atoms with E-state index < -0.39 is 0 Å². The van der Waals surface area contributed by atoms with Crippen molar-refractivity contribution in [2.45, 2.75) is 67.2 Å². The third-order valence-corrected chi connectivity index (χ3v) is 6.71. The molecule has 0 saturated heterocycles. The summed E-state index contributed by atoms with van der Waals surface area (Å²) < 4.78 is 11.4. The van der Waals surface area contributed by atoms with E-state index in [-0.39, 0.29) is 11.3 Å². The molecule has 1 aromatic heterocycles. The molecule has 0 atom stereocenters. The van der Waals surface area contributed by atoms with Gasteiger partial charge in [0.25, 0.3) is 5.91 Å². The van der Waals surface area contributed by atoms with Crippen LogP contribution in [-0.4, -0.2) is 13.0 Å². The van der Waals surface area contributed by atoms with Crippen LogP contribution in [0.2, 0.25) is 0 Å². The van der Waals surface area contributed by atoms with Crippen molar-refractivity contribution in [2.75, 3.05) is 12.4 Å². The highest BCUT2D eigenvalue weighted by Gasteiger charge is 2.20. The normalized spacial score (nSPS) is 11.5. The molecular weight excluding hydrogens is 398 g/mol. The van der Waals surface area contributed by atoms with Crippen molar-refractivity contribution in [1.29, 1.82) is 0 Å². The molecule has 0 fully saturated rings. The number of carbonyl (C=O) groups is 1. The van der Waals surface area contributed by atoms with Crippen LogP contribution < -0.4 is 10.1 Å². The van der Waals surface area contributed by atoms with E-state index in [4.69, 9.17) is 9.15 Å². The zero-order chi connectivity index (χ0) is 23.8. The molecule has 0 bridgehead atoms. The van der Waals surface area contributed by atoms with Crippen molar-refractivity contribution in [3.8, 4) is 5.75 Å². The Labute approximate surface area is 192 Å². The number of rotatable bonds is 5. The number of anilines is 1. The minimum absolute atomic E-state index is 0.0381. The van der Waals surface area contributed by atoms with Gasteiger partial charge in [0.15, 0.2) is 5.76 Å². The number of carbonyl (C=O) groups excluding carboxylic acids is 1. The lowest BCUT2D eigenvalue weighted by Crippen LogP contribution is -2.15. The Morgan fingerprint density at radius 1 is 0.906 bits per heavy atom. The van der Waals surface area contributed by atoms with Crippen LogP contribution in [-0.2, 0) is 11.8 Å². The van der Waals surface area contributed by atoms with Crippen molar-refractivity contribution in [3.05, 3.63) is 80.8 Å². The number of methoxy groups -OCH3 is 1. The Morgan fingerprint density at radius 3 is 2.06 bits per heavy atom. The van der Waals surface area contributed by atoms with Crippen LogP contribution in [0.1, 0.15) is 76.0 Å². The number of nitrogens with one attached hydrogen (secondary N) is 1. The lowest BCUT2D eigenvalue weighted by molar-refractivity contribution is 0.0994. The second-order valence-corrected chi connectivity index (χ2v) is 9.67. The highest BCUT2D eigenvalue weighted by Crippen LogP contribution is 2.32. The van der Waals surface area contributed by atoms with E-state index in [1.165, 1.54) is 33.4 Å². The van der Waals surface area contributed by atoms with E-state index in [1.807, 2.05) is 24.3 Å². The average Bonchev–Trinajstić information content (AvgIpc) is 3.22. The molecule has 0 radical (unpaired) electrons. The molecule has 2 aromatic carbocycles. The standard InChI is InChI=1S/C28H35NO3/c1-16-17(2)19(4)23(20(5)18(16)3)15-22-11-13-26(32-22)27(30)29-24-14-21(28(6,7)8)10-12-25(24)31-9/h10-14H,15H2,1-9H3,(H,29,30). The quantitative estimate of drug-likeness (QED) is 0.473. The molecule has 4 heteroatoms. The molecule has 0 aliphatic carbocycles. The molecule has 32 heavy (non-hydrogen) atoms. The van der Waals surface area contributed by atoms with Crippen LogP contribution in [0.25, 0.3) is 0 Å². The van der Waals surface area contributed by atoms with E-state index in [1.54, 1.807) is 13.2 Å². The molecule has 0 spiro atoms. The summed E-state index contributed by atoms with van der Waals surface area (Å²) in [6, 6.07) is 9.50. The maximum Gasteiger partial charge on any atom is 0.291 e. The topological polar surface area (TPSA) is 51.5 Å². The van der Waals surface area contributed by atoms with Gasteiger partial charge in [-0.25, -0.2) is 0 Å². The summed E-state index contributed by atoms with van der Waals surface area (Å²) in [6.45, 7) is 17.2. The molecule has 3 rings (SSSR count). The second kappa shape index (κ2) is 8.85. The third kappa shape index (κ3) is 4.59. The van der Waals surface area contributed by atoms with Crippen LogP contribution in [0.4, 0.5) is 5.69 Å². The van der Waals surface area contributed by atoms with Gasteiger partial charge < -0.3 is 14.5 Å². The summed E-state index contributed by atoms with van der Waals surface area (Å²) >= 11 is 0. The zero-order valence-corrected chi connectivity index (χ0v) is 20.8. The first kappa shape index (κ1) is 23.6. The molecule has 0 unspecified atom stereocenters. The van der Waals surface area contributed by atoms with E-state index in [2.05, 4.69) is 60.7 Å². The Hall–Kier alpha value is -3.01. The fraction of sp³-hybridized carbons (Fsp3) is 0.393. The fourth-order valence-electron chi connectivity index (χ4n) is 4.07. The first-order valence-corrected chi connectivity index (χ1v) is 11.1. The van der Waals surface area contributed by atoms with Gasteiger partial charge in [-0.05, 0) is 103 Å². The Kier molecular flexibility index (Phi) is 6.54. The van der Waals surface area contributed by atoms with Crippen molar-refractivity contribution in [2.24, 2.45) is 0 Å². The summed E-state index contributed by atoms with van der Waals surface area (Å²) in [6.07, 6.45) is 0.662. The van der Waals surface area contributed by atoms with Crippen molar-refractivity contribution in [1.82, 2.24) is 0 Å². The fourth-order valence-corrected chi connectivity index (χ4v) is 4.07. The maximum atomic E-state index is 12.9. The highest BCUT2D eigenvalue weighted by atomic mass is 16.5. The van der Waals surface area contributed by atoms with Gasteiger partial charge >= 0.3 is 0 Å². The van der Waals surface area contributed by atoms with Gasteiger partial charge in [-0.1, -0.05) is 26.8 Å². The van der Waals surface area contributed by atoms with Crippen LogP contribution in [0.5, 0.6) is 5.75 Å². The summed E-state index contributed by atoms with van der Waals surface area (Å²) in [4.78, 5) is 12.9. The van der Waals surface area contributed by atoms with Crippen LogP contribution in [0.3, 0.4) is 0 Å². The number of hydrogen-bond donors (Lipinski definition) is 1. The van der Waals surface area contributed by atoms with Gasteiger partial charge in [-0.3, -0.25) is 4.79 Å². The zero-order valence-electron chi connectivity index (χ0n) is 20.8. The Bertz CT molecular complexity index is 1130. The van der Waals surface area contributed by atoms with Crippen LogP contribution in [0.15, 0.2) is 34.7 Å². The minimum Gasteiger partial charge on any atom is -0.495 e. The summed E-state index contributed by atoms with van der Waals surface area (Å²) in [5.74, 6) is 1.40. The molecule has 0 saturated carbocycles. The van der Waals surface area contributed by atoms with Gasteiger partial charge in [0.05, 0.1) is 12.8 Å². The molecule has 0 aliphatic rings. The molecule has 3 aromatic rings. The summed E-state index contributed by atoms with van der Waals surface area (Å²) in [7, 11) is 1.60. The largest absolute Gasteiger partial charge is 0.495 e. The SMILES string of the molecule is COc1ccc(C(C)(C)C)cc1NC(=O)c1ccc(Cc2c(C)c(C)c(C)c(C)c2C)o1. The molecule has 170 valence electrons. The number of benzene rings is 2. The number of ether oxygens (including phenoxy) is 1. The number of amides is 1. The van der Waals surface area contributed by atoms with E-state index >= 15 is 0 Å². The van der Waals surface area contributed by atoms with Crippen LogP contribution in [0, 0.1) is 34.6 Å². The first-order valence-electron chi connectivity index (χ1n) is 11.1. The van der Waals surface area contributed by atoms with E-state index in [9.17, 15) is 4.79 Å². The monoisotopic (exact) mass is 433 g/mol. The smallest absolute Gasteiger partial charge is 0.291 e. The summed E-state index contributed by atoms with van der Waals surface area (Å²) in [5.41, 5.74) is 9.54. The average molecular weight is 434 g/mol. The number of hydrogen-bond acceptors (Lipinski definition) is 3. The van der Waals surface area contributed by atoms with Crippen molar-refractivity contribution >= 4 is 11.6 Å². The minimum atomic E-state index is -0.287. The lowest BCUT2D eigenvalue weighted by Gasteiger charge is -2.21. The molecule has 1 N–H and O–H groups in total. The number of furan rings is 1. The van der Waals surface area contributed by atoms with Gasteiger partial charge in [-0.2, -0.15) is 0 Å².